The fourth-order valence-corrected chi connectivity index (χ4v) is 2.04. The fraction of sp³-hybridized carbons (Fsp3) is 0.636. The number of hydrogen-bond donors (Lipinski definition) is 1. The van der Waals surface area contributed by atoms with Gasteiger partial charge in [0.1, 0.15) is 5.69 Å². The van der Waals surface area contributed by atoms with Gasteiger partial charge >= 0.3 is 12.1 Å². The van der Waals surface area contributed by atoms with Gasteiger partial charge in [0.05, 0.1) is 6.42 Å². The third kappa shape index (κ3) is 3.39. The summed E-state index contributed by atoms with van der Waals surface area (Å²) in [5, 5.41) is 8.85. The minimum Gasteiger partial charge on any atom is -0.475 e. The summed E-state index contributed by atoms with van der Waals surface area (Å²) >= 11 is 0. The van der Waals surface area contributed by atoms with Gasteiger partial charge in [0, 0.05) is 13.1 Å². The van der Waals surface area contributed by atoms with Crippen molar-refractivity contribution in [3.63, 3.8) is 0 Å². The summed E-state index contributed by atoms with van der Waals surface area (Å²) in [7, 11) is 0. The largest absolute Gasteiger partial charge is 0.475 e. The molecule has 1 fully saturated rings. The fourth-order valence-electron chi connectivity index (χ4n) is 2.04. The zero-order valence-electron chi connectivity index (χ0n) is 10.0. The van der Waals surface area contributed by atoms with E-state index in [1.165, 1.54) is 0 Å². The van der Waals surface area contributed by atoms with E-state index in [2.05, 4.69) is 4.98 Å². The van der Waals surface area contributed by atoms with Crippen LogP contribution in [0.25, 0.3) is 0 Å². The predicted molar refractivity (Wildman–Crippen MR) is 59.3 cm³/mol. The highest BCUT2D eigenvalue weighted by atomic mass is 19.4. The predicted octanol–water partition coefficient (Wildman–Crippen LogP) is 2.47. The molecule has 1 aliphatic heterocycles. The number of aromatic carboxylic acids is 1. The van der Waals surface area contributed by atoms with Crippen LogP contribution in [-0.4, -0.2) is 35.3 Å². The van der Waals surface area contributed by atoms with E-state index in [0.29, 0.717) is 13.1 Å². The molecule has 8 heteroatoms. The van der Waals surface area contributed by atoms with Crippen LogP contribution in [0.5, 0.6) is 0 Å². The molecule has 1 aliphatic rings. The van der Waals surface area contributed by atoms with Crippen LogP contribution in [0.15, 0.2) is 4.42 Å². The van der Waals surface area contributed by atoms with Crippen molar-refractivity contribution in [2.45, 2.75) is 31.9 Å². The van der Waals surface area contributed by atoms with E-state index in [1.54, 1.807) is 4.90 Å². The van der Waals surface area contributed by atoms with Gasteiger partial charge in [0.2, 0.25) is 5.76 Å². The van der Waals surface area contributed by atoms with Crippen LogP contribution in [-0.2, 0) is 6.42 Å². The average molecular weight is 278 g/mol. The standard InChI is InChI=1S/C11H13F3N2O3/c12-11(13,14)6-7-8(9(17)18)19-10(15-7)16-4-2-1-3-5-16/h1-6H2,(H,17,18). The lowest BCUT2D eigenvalue weighted by molar-refractivity contribution is -0.127. The Morgan fingerprint density at radius 1 is 1.32 bits per heavy atom. The molecular formula is C11H13F3N2O3. The maximum Gasteiger partial charge on any atom is 0.394 e. The molecule has 0 aromatic carbocycles. The van der Waals surface area contributed by atoms with Gasteiger partial charge in [-0.2, -0.15) is 18.2 Å². The molecule has 2 rings (SSSR count). The summed E-state index contributed by atoms with van der Waals surface area (Å²) < 4.78 is 42.0. The highest BCUT2D eigenvalue weighted by Gasteiger charge is 2.34. The van der Waals surface area contributed by atoms with E-state index in [-0.39, 0.29) is 6.01 Å². The number of nitrogens with zero attached hydrogens (tertiary/aromatic N) is 2. The number of carboxylic acids is 1. The molecule has 0 aliphatic carbocycles. The molecule has 5 nitrogen and oxygen atoms in total. The maximum atomic E-state index is 12.3. The molecule has 19 heavy (non-hydrogen) atoms. The normalized spacial score (nSPS) is 16.7. The van der Waals surface area contributed by atoms with Crippen LogP contribution >= 0.6 is 0 Å². The second kappa shape index (κ2) is 5.10. The smallest absolute Gasteiger partial charge is 0.394 e. The van der Waals surface area contributed by atoms with Gasteiger partial charge in [-0.3, -0.25) is 0 Å². The van der Waals surface area contributed by atoms with Crippen LogP contribution < -0.4 is 4.90 Å². The first kappa shape index (κ1) is 13.7. The second-order valence-corrected chi connectivity index (χ2v) is 4.42. The highest BCUT2D eigenvalue weighted by molar-refractivity contribution is 5.86. The molecule has 1 N–H and O–H groups in total. The molecule has 0 radical (unpaired) electrons. The number of rotatable bonds is 3. The van der Waals surface area contributed by atoms with E-state index < -0.39 is 30.0 Å². The number of carboxylic acid groups (broad SMARTS) is 1. The number of aromatic nitrogens is 1. The topological polar surface area (TPSA) is 66.6 Å². The van der Waals surface area contributed by atoms with E-state index in [9.17, 15) is 18.0 Å². The molecule has 1 aromatic heterocycles. The SMILES string of the molecule is O=C(O)c1oc(N2CCCCC2)nc1CC(F)(F)F. The van der Waals surface area contributed by atoms with Crippen LogP contribution in [0.4, 0.5) is 19.2 Å². The minimum absolute atomic E-state index is 0.0312. The molecule has 0 saturated carbocycles. The number of oxazole rings is 1. The van der Waals surface area contributed by atoms with Crippen molar-refractivity contribution < 1.29 is 27.5 Å². The molecular weight excluding hydrogens is 265 g/mol. The van der Waals surface area contributed by atoms with Crippen molar-refractivity contribution in [1.29, 1.82) is 0 Å². The van der Waals surface area contributed by atoms with Crippen LogP contribution in [0, 0.1) is 0 Å². The summed E-state index contributed by atoms with van der Waals surface area (Å²) in [6, 6.07) is -0.0312. The first-order valence-corrected chi connectivity index (χ1v) is 5.91. The molecule has 2 heterocycles. The van der Waals surface area contributed by atoms with Gasteiger partial charge in [-0.25, -0.2) is 4.79 Å². The first-order valence-electron chi connectivity index (χ1n) is 5.91. The van der Waals surface area contributed by atoms with Crippen LogP contribution in [0.1, 0.15) is 35.5 Å². The lowest BCUT2D eigenvalue weighted by Gasteiger charge is -2.24. The van der Waals surface area contributed by atoms with Crippen molar-refractivity contribution >= 4 is 12.0 Å². The number of hydrogen-bond acceptors (Lipinski definition) is 4. The Labute approximate surface area is 107 Å². The first-order chi connectivity index (χ1) is 8.87. The monoisotopic (exact) mass is 278 g/mol. The van der Waals surface area contributed by atoms with Gasteiger partial charge in [-0.05, 0) is 19.3 Å². The van der Waals surface area contributed by atoms with Crippen LogP contribution in [0.2, 0.25) is 0 Å². The third-order valence-corrected chi connectivity index (χ3v) is 2.87. The van der Waals surface area contributed by atoms with Gasteiger partial charge in [-0.1, -0.05) is 0 Å². The van der Waals surface area contributed by atoms with Crippen molar-refractivity contribution in [1.82, 2.24) is 4.98 Å². The Morgan fingerprint density at radius 2 is 1.95 bits per heavy atom. The molecule has 1 saturated heterocycles. The van der Waals surface area contributed by atoms with Crippen molar-refractivity contribution in [2.75, 3.05) is 18.0 Å². The van der Waals surface area contributed by atoms with E-state index >= 15 is 0 Å². The van der Waals surface area contributed by atoms with Gasteiger partial charge < -0.3 is 14.4 Å². The Bertz CT molecular complexity index is 464. The molecule has 0 bridgehead atoms. The summed E-state index contributed by atoms with van der Waals surface area (Å²) in [6.45, 7) is 1.23. The number of alkyl halides is 3. The number of anilines is 1. The molecule has 106 valence electrons. The average Bonchev–Trinajstić information content (AvgIpc) is 2.72. The van der Waals surface area contributed by atoms with E-state index in [0.717, 1.165) is 19.3 Å². The molecule has 0 unspecified atom stereocenters. The Morgan fingerprint density at radius 3 is 2.47 bits per heavy atom. The molecule has 0 atom stereocenters. The van der Waals surface area contributed by atoms with Gasteiger partial charge in [0.25, 0.3) is 6.01 Å². The lowest BCUT2D eigenvalue weighted by Crippen LogP contribution is -2.29. The van der Waals surface area contributed by atoms with Crippen molar-refractivity contribution in [3.8, 4) is 0 Å². The summed E-state index contributed by atoms with van der Waals surface area (Å²) in [6.07, 6.45) is -3.09. The van der Waals surface area contributed by atoms with Gasteiger partial charge in [0.15, 0.2) is 0 Å². The molecule has 0 spiro atoms. The van der Waals surface area contributed by atoms with Crippen molar-refractivity contribution in [3.05, 3.63) is 11.5 Å². The Balaban J connectivity index is 2.26. The molecule has 0 amide bonds. The summed E-state index contributed by atoms with van der Waals surface area (Å²) in [5.41, 5.74) is -0.569. The quantitative estimate of drug-likeness (QED) is 0.920. The zero-order chi connectivity index (χ0) is 14.0. The van der Waals surface area contributed by atoms with Crippen molar-refractivity contribution in [2.24, 2.45) is 0 Å². The second-order valence-electron chi connectivity index (χ2n) is 4.42. The number of halogens is 3. The zero-order valence-corrected chi connectivity index (χ0v) is 10.0. The Hall–Kier alpha value is -1.73. The Kier molecular flexibility index (Phi) is 3.68. The summed E-state index contributed by atoms with van der Waals surface area (Å²) in [4.78, 5) is 16.3. The number of carbonyl (C=O) groups is 1. The maximum absolute atomic E-state index is 12.3. The number of piperidine rings is 1. The van der Waals surface area contributed by atoms with E-state index in [1.807, 2.05) is 0 Å². The van der Waals surface area contributed by atoms with E-state index in [4.69, 9.17) is 9.52 Å². The van der Waals surface area contributed by atoms with Gasteiger partial charge in [-0.15, -0.1) is 0 Å². The van der Waals surface area contributed by atoms with Crippen LogP contribution in [0.3, 0.4) is 0 Å². The minimum atomic E-state index is -4.51. The third-order valence-electron chi connectivity index (χ3n) is 2.87. The molecule has 1 aromatic rings. The lowest BCUT2D eigenvalue weighted by atomic mass is 10.1. The highest BCUT2D eigenvalue weighted by Crippen LogP contribution is 2.27. The summed E-state index contributed by atoms with van der Waals surface area (Å²) in [5.74, 6) is -2.26.